The minimum Gasteiger partial charge on any atom is -0.461 e. The highest BCUT2D eigenvalue weighted by Crippen LogP contribution is 2.38. The maximum atomic E-state index is 11.9. The summed E-state index contributed by atoms with van der Waals surface area (Å²) < 4.78 is 16.7. The van der Waals surface area contributed by atoms with Crippen molar-refractivity contribution in [3.05, 3.63) is 11.2 Å². The van der Waals surface area contributed by atoms with Crippen LogP contribution >= 0.6 is 0 Å². The normalized spacial score (nSPS) is 21.2. The summed E-state index contributed by atoms with van der Waals surface area (Å²) in [5, 5.41) is 10.3. The summed E-state index contributed by atoms with van der Waals surface area (Å²) in [6.45, 7) is 9.65. The first-order chi connectivity index (χ1) is 9.20. The van der Waals surface area contributed by atoms with E-state index >= 15 is 0 Å². The molecule has 112 valence electrons. The van der Waals surface area contributed by atoms with Crippen molar-refractivity contribution in [3.8, 4) is 0 Å². The average molecular weight is 282 g/mol. The predicted octanol–water partition coefficient (Wildman–Crippen LogP) is 1.30. The van der Waals surface area contributed by atoms with Crippen LogP contribution in [-0.4, -0.2) is 44.2 Å². The van der Waals surface area contributed by atoms with E-state index in [0.717, 1.165) is 6.21 Å². The van der Waals surface area contributed by atoms with Crippen molar-refractivity contribution >= 4 is 19.3 Å². The fourth-order valence-corrected chi connectivity index (χ4v) is 1.80. The lowest BCUT2D eigenvalue weighted by Crippen LogP contribution is -2.41. The minimum absolute atomic E-state index is 0.181. The highest BCUT2D eigenvalue weighted by Gasteiger charge is 2.53. The molecule has 1 heterocycles. The van der Waals surface area contributed by atoms with Gasteiger partial charge in [0, 0.05) is 18.7 Å². The average Bonchev–Trinajstić information content (AvgIpc) is 2.55. The van der Waals surface area contributed by atoms with Crippen molar-refractivity contribution in [2.45, 2.75) is 45.8 Å². The summed E-state index contributed by atoms with van der Waals surface area (Å²) in [6.07, 6.45) is 1.06. The molecule has 0 radical (unpaired) electrons. The van der Waals surface area contributed by atoms with Gasteiger partial charge in [-0.05, 0) is 34.6 Å². The van der Waals surface area contributed by atoms with Crippen LogP contribution in [0.1, 0.15) is 34.6 Å². The molecule has 1 aliphatic heterocycles. The van der Waals surface area contributed by atoms with Crippen molar-refractivity contribution in [2.24, 2.45) is 0 Å². The largest absolute Gasteiger partial charge is 0.498 e. The molecule has 1 saturated heterocycles. The predicted molar refractivity (Wildman–Crippen MR) is 77.6 cm³/mol. The summed E-state index contributed by atoms with van der Waals surface area (Å²) in [5.41, 5.74) is -0.552. The number of allylic oxidation sites excluding steroid dienone is 1. The molecule has 0 saturated carbocycles. The molecule has 7 heteroatoms. The van der Waals surface area contributed by atoms with Gasteiger partial charge in [-0.1, -0.05) is 0 Å². The monoisotopic (exact) mass is 282 g/mol. The Kier molecular flexibility index (Phi) is 4.99. The van der Waals surface area contributed by atoms with Crippen molar-refractivity contribution in [3.63, 3.8) is 0 Å². The van der Waals surface area contributed by atoms with E-state index < -0.39 is 24.3 Å². The van der Waals surface area contributed by atoms with Crippen LogP contribution in [0.15, 0.2) is 11.2 Å². The van der Waals surface area contributed by atoms with E-state index in [-0.39, 0.29) is 12.3 Å². The van der Waals surface area contributed by atoms with Crippen LogP contribution in [0, 0.1) is 5.41 Å². The second-order valence-corrected chi connectivity index (χ2v) is 5.53. The molecule has 1 aliphatic rings. The number of carbonyl (C=O) groups excluding carboxylic acids is 1. The summed E-state index contributed by atoms with van der Waals surface area (Å²) in [5.74, 6) is -0.525. The lowest BCUT2D eigenvalue weighted by Gasteiger charge is -2.32. The van der Waals surface area contributed by atoms with Gasteiger partial charge in [0.25, 0.3) is 0 Å². The highest BCUT2D eigenvalue weighted by molar-refractivity contribution is 6.61. The molecule has 1 fully saturated rings. The fourth-order valence-electron chi connectivity index (χ4n) is 1.80. The lowest BCUT2D eigenvalue weighted by molar-refractivity contribution is -0.138. The molecule has 0 amide bonds. The number of esters is 1. The van der Waals surface area contributed by atoms with E-state index in [1.807, 2.05) is 27.7 Å². The van der Waals surface area contributed by atoms with Gasteiger partial charge in [0.2, 0.25) is 0 Å². The number of likely N-dealkylation sites (N-methyl/N-ethyl adjacent to an activating group) is 1. The zero-order valence-corrected chi connectivity index (χ0v) is 13.0. The van der Waals surface area contributed by atoms with Crippen LogP contribution in [0.3, 0.4) is 0 Å². The van der Waals surface area contributed by atoms with Crippen LogP contribution in [0.25, 0.3) is 0 Å². The number of rotatable bonds is 5. The van der Waals surface area contributed by atoms with Gasteiger partial charge in [-0.3, -0.25) is 0 Å². The molecule has 0 aromatic heterocycles. The van der Waals surface area contributed by atoms with E-state index in [0.29, 0.717) is 5.47 Å². The Morgan fingerprint density at radius 2 is 1.80 bits per heavy atom. The molecule has 20 heavy (non-hydrogen) atoms. The van der Waals surface area contributed by atoms with E-state index in [1.54, 1.807) is 14.0 Å². The van der Waals surface area contributed by atoms with Gasteiger partial charge < -0.3 is 24.8 Å². The summed E-state index contributed by atoms with van der Waals surface area (Å²) in [4.78, 5) is 11.9. The number of ether oxygens (including phenoxy) is 1. The standard InChI is InChI=1S/C13H23BN2O4/c1-7-18-11(17)10(16-6)9(8-15)14-19-12(2,3)13(4,5)20-14/h8,15-16H,7H2,1-6H3/b10-9+,15-8?. The van der Waals surface area contributed by atoms with E-state index in [1.165, 1.54) is 0 Å². The first kappa shape index (κ1) is 16.7. The van der Waals surface area contributed by atoms with E-state index in [4.69, 9.17) is 19.5 Å². The smallest absolute Gasteiger partial charge is 0.461 e. The number of carbonyl (C=O) groups is 1. The van der Waals surface area contributed by atoms with Gasteiger partial charge in [-0.25, -0.2) is 4.79 Å². The molecule has 0 atom stereocenters. The Morgan fingerprint density at radius 1 is 1.30 bits per heavy atom. The third-order valence-electron chi connectivity index (χ3n) is 3.68. The Bertz CT molecular complexity index is 416. The maximum absolute atomic E-state index is 11.9. The summed E-state index contributed by atoms with van der Waals surface area (Å²) in [7, 11) is 0.824. The van der Waals surface area contributed by atoms with Gasteiger partial charge in [0.15, 0.2) is 0 Å². The van der Waals surface area contributed by atoms with Crippen LogP contribution in [-0.2, 0) is 18.8 Å². The molecular formula is C13H23BN2O4. The van der Waals surface area contributed by atoms with Crippen LogP contribution < -0.4 is 5.32 Å². The highest BCUT2D eigenvalue weighted by atomic mass is 16.7. The summed E-state index contributed by atoms with van der Waals surface area (Å²) >= 11 is 0. The first-order valence-electron chi connectivity index (χ1n) is 6.65. The van der Waals surface area contributed by atoms with Crippen LogP contribution in [0.5, 0.6) is 0 Å². The molecule has 2 N–H and O–H groups in total. The molecule has 0 bridgehead atoms. The van der Waals surface area contributed by atoms with E-state index in [9.17, 15) is 4.79 Å². The minimum atomic E-state index is -0.774. The number of hydrogen-bond donors (Lipinski definition) is 2. The number of hydrogen-bond acceptors (Lipinski definition) is 6. The molecule has 0 aromatic rings. The molecule has 1 rings (SSSR count). The molecule has 0 aliphatic carbocycles. The molecule has 0 aromatic carbocycles. The van der Waals surface area contributed by atoms with Crippen LogP contribution in [0.4, 0.5) is 0 Å². The van der Waals surface area contributed by atoms with Crippen molar-refractivity contribution in [1.29, 1.82) is 5.41 Å². The quantitative estimate of drug-likeness (QED) is 0.344. The number of nitrogens with one attached hydrogen (secondary N) is 2. The Labute approximate surface area is 120 Å². The van der Waals surface area contributed by atoms with Gasteiger partial charge >= 0.3 is 13.1 Å². The van der Waals surface area contributed by atoms with Gasteiger partial charge in [-0.2, -0.15) is 0 Å². The fraction of sp³-hybridized carbons (Fsp3) is 0.692. The van der Waals surface area contributed by atoms with Crippen LogP contribution in [0.2, 0.25) is 0 Å². The zero-order valence-electron chi connectivity index (χ0n) is 13.0. The molecule has 6 nitrogen and oxygen atoms in total. The first-order valence-corrected chi connectivity index (χ1v) is 6.65. The SMILES string of the molecule is CCOC(=O)/C(NC)=C(/C=N)B1OC(C)(C)C(C)(C)O1. The Hall–Kier alpha value is -1.34. The third-order valence-corrected chi connectivity index (χ3v) is 3.68. The summed E-state index contributed by atoms with van der Waals surface area (Å²) in [6, 6.07) is 0. The van der Waals surface area contributed by atoms with Gasteiger partial charge in [0.05, 0.1) is 17.8 Å². The lowest BCUT2D eigenvalue weighted by atomic mass is 9.77. The van der Waals surface area contributed by atoms with Gasteiger partial charge in [-0.15, -0.1) is 0 Å². The zero-order chi connectivity index (χ0) is 15.6. The maximum Gasteiger partial charge on any atom is 0.498 e. The molecule has 0 spiro atoms. The van der Waals surface area contributed by atoms with E-state index in [2.05, 4.69) is 5.32 Å². The van der Waals surface area contributed by atoms with Crippen molar-refractivity contribution in [1.82, 2.24) is 5.32 Å². The molecular weight excluding hydrogens is 259 g/mol. The Balaban J connectivity index is 3.13. The second-order valence-electron chi connectivity index (χ2n) is 5.53. The van der Waals surface area contributed by atoms with Crippen molar-refractivity contribution in [2.75, 3.05) is 13.7 Å². The second kappa shape index (κ2) is 5.97. The topological polar surface area (TPSA) is 80.6 Å². The van der Waals surface area contributed by atoms with Crippen molar-refractivity contribution < 1.29 is 18.8 Å². The molecule has 0 unspecified atom stereocenters. The van der Waals surface area contributed by atoms with Gasteiger partial charge in [0.1, 0.15) is 5.70 Å². The third kappa shape index (κ3) is 3.04. The Morgan fingerprint density at radius 3 is 2.15 bits per heavy atom.